The Morgan fingerprint density at radius 2 is 1.04 bits per heavy atom. The first-order valence-corrected chi connectivity index (χ1v) is 8.61. The van der Waals surface area contributed by atoms with E-state index in [-0.39, 0.29) is 5.12 Å². The van der Waals surface area contributed by atoms with E-state index in [9.17, 15) is 4.79 Å². The van der Waals surface area contributed by atoms with Crippen molar-refractivity contribution in [3.8, 4) is 0 Å². The van der Waals surface area contributed by atoms with Gasteiger partial charge in [-0.3, -0.25) is 4.79 Å². The van der Waals surface area contributed by atoms with E-state index in [1.54, 1.807) is 0 Å². The molecule has 0 aromatic heterocycles. The van der Waals surface area contributed by atoms with Gasteiger partial charge in [0.2, 0.25) is 5.12 Å². The first-order chi connectivity index (χ1) is 11.8. The van der Waals surface area contributed by atoms with Crippen molar-refractivity contribution in [1.29, 1.82) is 0 Å². The zero-order chi connectivity index (χ0) is 16.8. The molecular weight excluding hydrogens is 312 g/mol. The van der Waals surface area contributed by atoms with Gasteiger partial charge >= 0.3 is 0 Å². The van der Waals surface area contributed by atoms with Crippen LogP contribution in [0, 0.1) is 0 Å². The molecule has 1 nitrogen and oxygen atoms in total. The van der Waals surface area contributed by atoms with Gasteiger partial charge in [-0.05, 0) is 22.8 Å². The Balaban J connectivity index is 2.32. The van der Waals surface area contributed by atoms with Gasteiger partial charge in [0.1, 0.15) is 0 Å². The molecule has 0 radical (unpaired) electrons. The largest absolute Gasteiger partial charge is 0.282 e. The Kier molecular flexibility index (Phi) is 4.97. The maximum absolute atomic E-state index is 12.4. The second kappa shape index (κ2) is 7.33. The minimum atomic E-state index is -0.602. The second-order valence-corrected chi connectivity index (χ2v) is 6.62. The molecule has 0 N–H and O–H groups in total. The predicted octanol–water partition coefficient (Wildman–Crippen LogP) is 5.42. The topological polar surface area (TPSA) is 17.1 Å². The first-order valence-electron chi connectivity index (χ1n) is 7.79. The van der Waals surface area contributed by atoms with Crippen LogP contribution < -0.4 is 0 Å². The molecule has 3 aromatic rings. The lowest BCUT2D eigenvalue weighted by Gasteiger charge is -2.34. The van der Waals surface area contributed by atoms with E-state index in [4.69, 9.17) is 0 Å². The van der Waals surface area contributed by atoms with Crippen molar-refractivity contribution in [2.24, 2.45) is 0 Å². The van der Waals surface area contributed by atoms with Crippen LogP contribution >= 0.6 is 11.8 Å². The normalized spacial score (nSPS) is 11.0. The lowest BCUT2D eigenvalue weighted by molar-refractivity contribution is -0.107. The molecule has 0 spiro atoms. The summed E-state index contributed by atoms with van der Waals surface area (Å²) in [5.74, 6) is 0. The monoisotopic (exact) mass is 330 g/mol. The fraction of sp³-hybridized carbons (Fsp3) is 0.0455. The summed E-state index contributed by atoms with van der Waals surface area (Å²) in [5, 5.41) is -0.0495. The molecule has 0 heterocycles. The van der Waals surface area contributed by atoms with Crippen molar-refractivity contribution < 1.29 is 4.79 Å². The molecule has 0 saturated carbocycles. The van der Waals surface area contributed by atoms with Gasteiger partial charge in [-0.2, -0.15) is 0 Å². The number of carbonyl (C=O) groups excluding carboxylic acids is 1. The van der Waals surface area contributed by atoms with E-state index >= 15 is 0 Å². The molecule has 0 unspecified atom stereocenters. The standard InChI is InChI=1S/C22H18OS/c1-2-21(23)24-22(18-12-6-3-7-13-18,19-14-8-4-9-15-19)20-16-10-5-11-17-20/h2-17H,1H2. The van der Waals surface area contributed by atoms with E-state index in [0.29, 0.717) is 0 Å². The van der Waals surface area contributed by atoms with Gasteiger partial charge in [0, 0.05) is 0 Å². The van der Waals surface area contributed by atoms with Gasteiger partial charge in [0.05, 0.1) is 4.75 Å². The van der Waals surface area contributed by atoms with Crippen molar-refractivity contribution in [3.63, 3.8) is 0 Å². The molecule has 118 valence electrons. The number of hydrogen-bond donors (Lipinski definition) is 0. The number of hydrogen-bond acceptors (Lipinski definition) is 2. The van der Waals surface area contributed by atoms with Crippen LogP contribution in [0.1, 0.15) is 16.7 Å². The number of thioether (sulfide) groups is 1. The lowest BCUT2D eigenvalue weighted by Crippen LogP contribution is -2.27. The summed E-state index contributed by atoms with van der Waals surface area (Å²) in [6.07, 6.45) is 1.38. The van der Waals surface area contributed by atoms with Gasteiger partial charge in [-0.25, -0.2) is 0 Å². The minimum Gasteiger partial charge on any atom is -0.282 e. The highest BCUT2D eigenvalue weighted by molar-refractivity contribution is 8.15. The number of rotatable bonds is 5. The lowest BCUT2D eigenvalue weighted by atomic mass is 9.84. The van der Waals surface area contributed by atoms with Gasteiger partial charge in [-0.15, -0.1) is 0 Å². The highest BCUT2D eigenvalue weighted by atomic mass is 32.2. The molecule has 0 amide bonds. The SMILES string of the molecule is C=CC(=O)SC(c1ccccc1)(c1ccccc1)c1ccccc1. The summed E-state index contributed by atoms with van der Waals surface area (Å²) in [6, 6.07) is 30.5. The Morgan fingerprint density at radius 3 is 1.33 bits per heavy atom. The molecule has 0 saturated heterocycles. The van der Waals surface area contributed by atoms with Gasteiger partial charge in [-0.1, -0.05) is 109 Å². The highest BCUT2D eigenvalue weighted by Crippen LogP contribution is 2.48. The molecule has 0 atom stereocenters. The first kappa shape index (κ1) is 16.3. The van der Waals surface area contributed by atoms with Gasteiger partial charge in [0.15, 0.2) is 0 Å². The smallest absolute Gasteiger partial charge is 0.213 e. The molecule has 0 aliphatic heterocycles. The number of benzene rings is 3. The quantitative estimate of drug-likeness (QED) is 0.459. The van der Waals surface area contributed by atoms with Crippen LogP contribution in [0.4, 0.5) is 0 Å². The average molecular weight is 330 g/mol. The Labute approximate surface area is 147 Å². The highest BCUT2D eigenvalue weighted by Gasteiger charge is 2.38. The van der Waals surface area contributed by atoms with Crippen LogP contribution in [0.25, 0.3) is 0 Å². The average Bonchev–Trinajstić information content (AvgIpc) is 2.68. The zero-order valence-electron chi connectivity index (χ0n) is 13.3. The molecule has 24 heavy (non-hydrogen) atoms. The van der Waals surface area contributed by atoms with Gasteiger partial charge in [0.25, 0.3) is 0 Å². The number of carbonyl (C=O) groups is 1. The van der Waals surface area contributed by atoms with E-state index in [1.165, 1.54) is 17.8 Å². The zero-order valence-corrected chi connectivity index (χ0v) is 14.1. The second-order valence-electron chi connectivity index (χ2n) is 5.40. The molecule has 3 aromatic carbocycles. The van der Waals surface area contributed by atoms with E-state index < -0.39 is 4.75 Å². The van der Waals surface area contributed by atoms with Gasteiger partial charge < -0.3 is 0 Å². The maximum atomic E-state index is 12.4. The Bertz CT molecular complexity index is 714. The summed E-state index contributed by atoms with van der Waals surface area (Å²) >= 11 is 1.29. The Hall–Kier alpha value is -2.58. The van der Waals surface area contributed by atoms with Crippen LogP contribution in [-0.2, 0) is 9.54 Å². The maximum Gasteiger partial charge on any atom is 0.213 e. The summed E-state index contributed by atoms with van der Waals surface area (Å²) in [5.41, 5.74) is 3.22. The summed E-state index contributed by atoms with van der Waals surface area (Å²) < 4.78 is -0.602. The fourth-order valence-corrected chi connectivity index (χ4v) is 4.03. The third-order valence-corrected chi connectivity index (χ3v) is 5.34. The van der Waals surface area contributed by atoms with Crippen LogP contribution in [0.2, 0.25) is 0 Å². The van der Waals surface area contributed by atoms with Crippen LogP contribution in [0.15, 0.2) is 104 Å². The Morgan fingerprint density at radius 1 is 0.708 bits per heavy atom. The molecule has 0 bridgehead atoms. The third-order valence-electron chi connectivity index (χ3n) is 3.96. The third kappa shape index (κ3) is 3.06. The van der Waals surface area contributed by atoms with E-state index in [0.717, 1.165) is 16.7 Å². The molecule has 0 fully saturated rings. The summed E-state index contributed by atoms with van der Waals surface area (Å²) in [6.45, 7) is 3.66. The van der Waals surface area contributed by atoms with Crippen molar-refractivity contribution in [1.82, 2.24) is 0 Å². The van der Waals surface area contributed by atoms with E-state index in [2.05, 4.69) is 43.0 Å². The van der Waals surface area contributed by atoms with Crippen molar-refractivity contribution in [2.75, 3.05) is 0 Å². The minimum absolute atomic E-state index is 0.0495. The summed E-state index contributed by atoms with van der Waals surface area (Å²) in [4.78, 5) is 12.4. The molecule has 3 rings (SSSR count). The van der Waals surface area contributed by atoms with Crippen LogP contribution in [0.3, 0.4) is 0 Å². The molecule has 2 heteroatoms. The molecule has 0 aliphatic carbocycles. The van der Waals surface area contributed by atoms with Crippen molar-refractivity contribution >= 4 is 16.9 Å². The predicted molar refractivity (Wildman–Crippen MR) is 102 cm³/mol. The van der Waals surface area contributed by atoms with Crippen LogP contribution in [0.5, 0.6) is 0 Å². The molecule has 0 aliphatic rings. The van der Waals surface area contributed by atoms with E-state index in [1.807, 2.05) is 54.6 Å². The summed E-state index contributed by atoms with van der Waals surface area (Å²) in [7, 11) is 0. The van der Waals surface area contributed by atoms with Crippen LogP contribution in [-0.4, -0.2) is 5.12 Å². The van der Waals surface area contributed by atoms with Crippen molar-refractivity contribution in [2.45, 2.75) is 4.75 Å². The molecular formula is C22H18OS. The fourth-order valence-electron chi connectivity index (χ4n) is 2.89. The van der Waals surface area contributed by atoms with Crippen molar-refractivity contribution in [3.05, 3.63) is 120 Å².